The number of nitrogens with one attached hydrogen (secondary N) is 2. The molecule has 13 heavy (non-hydrogen) atoms. The molecule has 0 unspecified atom stereocenters. The van der Waals surface area contributed by atoms with E-state index in [1.165, 1.54) is 11.3 Å². The summed E-state index contributed by atoms with van der Waals surface area (Å²) in [5.74, 6) is 0. The van der Waals surface area contributed by atoms with Gasteiger partial charge in [0.25, 0.3) is 0 Å². The molecule has 0 aromatic carbocycles. The van der Waals surface area contributed by atoms with Crippen LogP contribution in [0.25, 0.3) is 0 Å². The molecule has 0 saturated carbocycles. The standard InChI is InChI=1S/C8H13N3OS/c1-2-10-8(12)11-7-6(5-9)3-4-13-7/h3-4H,2,5,9H2,1H3,(H2,10,11,12). The molecular weight excluding hydrogens is 186 g/mol. The van der Waals surface area contributed by atoms with Gasteiger partial charge in [0.15, 0.2) is 0 Å². The molecule has 0 aliphatic carbocycles. The number of thiophene rings is 1. The van der Waals surface area contributed by atoms with Gasteiger partial charge in [0.1, 0.15) is 5.00 Å². The number of nitrogens with two attached hydrogens (primary N) is 1. The number of hydrogen-bond acceptors (Lipinski definition) is 3. The summed E-state index contributed by atoms with van der Waals surface area (Å²) >= 11 is 1.48. The van der Waals surface area contributed by atoms with Crippen LogP contribution >= 0.6 is 11.3 Å². The number of carbonyl (C=O) groups is 1. The third kappa shape index (κ3) is 2.71. The quantitative estimate of drug-likeness (QED) is 0.688. The molecule has 1 rings (SSSR count). The number of urea groups is 1. The lowest BCUT2D eigenvalue weighted by Crippen LogP contribution is -2.28. The van der Waals surface area contributed by atoms with Gasteiger partial charge >= 0.3 is 6.03 Å². The Balaban J connectivity index is 2.57. The SMILES string of the molecule is CCNC(=O)Nc1sccc1CN. The van der Waals surface area contributed by atoms with E-state index in [1.807, 2.05) is 18.4 Å². The average Bonchev–Trinajstić information content (AvgIpc) is 2.52. The van der Waals surface area contributed by atoms with Crippen LogP contribution in [0, 0.1) is 0 Å². The van der Waals surface area contributed by atoms with Gasteiger partial charge in [-0.25, -0.2) is 4.79 Å². The highest BCUT2D eigenvalue weighted by Gasteiger charge is 2.05. The van der Waals surface area contributed by atoms with E-state index < -0.39 is 0 Å². The van der Waals surface area contributed by atoms with Crippen molar-refractivity contribution < 1.29 is 4.79 Å². The molecule has 72 valence electrons. The molecule has 0 bridgehead atoms. The van der Waals surface area contributed by atoms with E-state index in [0.717, 1.165) is 10.6 Å². The lowest BCUT2D eigenvalue weighted by atomic mass is 10.3. The molecule has 2 amide bonds. The monoisotopic (exact) mass is 199 g/mol. The van der Waals surface area contributed by atoms with Crippen molar-refractivity contribution in [1.29, 1.82) is 0 Å². The minimum Gasteiger partial charge on any atom is -0.338 e. The van der Waals surface area contributed by atoms with E-state index in [1.54, 1.807) is 0 Å². The van der Waals surface area contributed by atoms with Gasteiger partial charge in [0.05, 0.1) is 0 Å². The molecule has 0 aliphatic heterocycles. The van der Waals surface area contributed by atoms with Gasteiger partial charge in [-0.15, -0.1) is 11.3 Å². The minimum absolute atomic E-state index is 0.181. The zero-order chi connectivity index (χ0) is 9.68. The van der Waals surface area contributed by atoms with Gasteiger partial charge < -0.3 is 11.1 Å². The van der Waals surface area contributed by atoms with Crippen LogP contribution < -0.4 is 16.4 Å². The zero-order valence-corrected chi connectivity index (χ0v) is 8.28. The summed E-state index contributed by atoms with van der Waals surface area (Å²) in [6.45, 7) is 2.94. The first kappa shape index (κ1) is 10.0. The minimum atomic E-state index is -0.181. The summed E-state index contributed by atoms with van der Waals surface area (Å²) in [6, 6.07) is 1.73. The number of carbonyl (C=O) groups excluding carboxylic acids is 1. The van der Waals surface area contributed by atoms with E-state index in [9.17, 15) is 4.79 Å². The molecular formula is C8H13N3OS. The van der Waals surface area contributed by atoms with Gasteiger partial charge in [0.2, 0.25) is 0 Å². The van der Waals surface area contributed by atoms with Crippen molar-refractivity contribution in [2.24, 2.45) is 5.73 Å². The third-order valence-corrected chi connectivity index (χ3v) is 2.40. The van der Waals surface area contributed by atoms with Crippen LogP contribution in [-0.2, 0) is 6.54 Å². The molecule has 0 saturated heterocycles. The fourth-order valence-corrected chi connectivity index (χ4v) is 1.74. The van der Waals surface area contributed by atoms with Crippen LogP contribution in [0.3, 0.4) is 0 Å². The molecule has 0 radical (unpaired) electrons. The largest absolute Gasteiger partial charge is 0.338 e. The van der Waals surface area contributed by atoms with Gasteiger partial charge in [0, 0.05) is 18.7 Å². The van der Waals surface area contributed by atoms with Crippen molar-refractivity contribution in [1.82, 2.24) is 5.32 Å². The second kappa shape index (κ2) is 4.84. The third-order valence-electron chi connectivity index (χ3n) is 1.53. The second-order valence-electron chi connectivity index (χ2n) is 2.46. The van der Waals surface area contributed by atoms with E-state index >= 15 is 0 Å². The van der Waals surface area contributed by atoms with E-state index in [4.69, 9.17) is 5.73 Å². The first-order chi connectivity index (χ1) is 6.27. The highest BCUT2D eigenvalue weighted by Crippen LogP contribution is 2.22. The number of amides is 2. The lowest BCUT2D eigenvalue weighted by molar-refractivity contribution is 0.252. The Kier molecular flexibility index (Phi) is 3.72. The van der Waals surface area contributed by atoms with Crippen LogP contribution in [0.1, 0.15) is 12.5 Å². The first-order valence-electron chi connectivity index (χ1n) is 4.09. The van der Waals surface area contributed by atoms with Crippen LogP contribution in [0.2, 0.25) is 0 Å². The summed E-state index contributed by atoms with van der Waals surface area (Å²) in [4.78, 5) is 11.1. The summed E-state index contributed by atoms with van der Waals surface area (Å²) in [6.07, 6.45) is 0. The van der Waals surface area contributed by atoms with Crippen molar-refractivity contribution in [2.45, 2.75) is 13.5 Å². The average molecular weight is 199 g/mol. The summed E-state index contributed by atoms with van der Waals surface area (Å²) < 4.78 is 0. The number of anilines is 1. The van der Waals surface area contributed by atoms with E-state index in [-0.39, 0.29) is 6.03 Å². The topological polar surface area (TPSA) is 67.2 Å². The Morgan fingerprint density at radius 3 is 3.08 bits per heavy atom. The molecule has 4 N–H and O–H groups in total. The highest BCUT2D eigenvalue weighted by molar-refractivity contribution is 7.14. The normalized spacial score (nSPS) is 9.69. The van der Waals surface area contributed by atoms with Crippen molar-refractivity contribution in [3.8, 4) is 0 Å². The zero-order valence-electron chi connectivity index (χ0n) is 7.46. The van der Waals surface area contributed by atoms with Crippen molar-refractivity contribution in [2.75, 3.05) is 11.9 Å². The Morgan fingerprint density at radius 2 is 2.46 bits per heavy atom. The fourth-order valence-electron chi connectivity index (χ4n) is 0.914. The van der Waals surface area contributed by atoms with E-state index in [0.29, 0.717) is 13.1 Å². The molecule has 1 aromatic rings. The maximum Gasteiger partial charge on any atom is 0.319 e. The molecule has 1 heterocycles. The predicted molar refractivity (Wildman–Crippen MR) is 54.9 cm³/mol. The highest BCUT2D eigenvalue weighted by atomic mass is 32.1. The molecule has 4 nitrogen and oxygen atoms in total. The van der Waals surface area contributed by atoms with E-state index in [2.05, 4.69) is 10.6 Å². The van der Waals surface area contributed by atoms with Crippen LogP contribution in [0.4, 0.5) is 9.80 Å². The molecule has 0 atom stereocenters. The van der Waals surface area contributed by atoms with Crippen LogP contribution in [-0.4, -0.2) is 12.6 Å². The maximum absolute atomic E-state index is 11.1. The fraction of sp³-hybridized carbons (Fsp3) is 0.375. The van der Waals surface area contributed by atoms with Gasteiger partial charge in [-0.2, -0.15) is 0 Å². The lowest BCUT2D eigenvalue weighted by Gasteiger charge is -2.04. The van der Waals surface area contributed by atoms with Crippen molar-refractivity contribution in [3.63, 3.8) is 0 Å². The molecule has 5 heteroatoms. The Labute approximate surface area is 81.1 Å². The number of rotatable bonds is 3. The van der Waals surface area contributed by atoms with Gasteiger partial charge in [-0.3, -0.25) is 5.32 Å². The summed E-state index contributed by atoms with van der Waals surface area (Å²) in [5, 5.41) is 8.12. The molecule has 1 aromatic heterocycles. The maximum atomic E-state index is 11.1. The first-order valence-corrected chi connectivity index (χ1v) is 4.97. The smallest absolute Gasteiger partial charge is 0.319 e. The second-order valence-corrected chi connectivity index (χ2v) is 3.38. The molecule has 0 fully saturated rings. The Bertz CT molecular complexity index is 285. The van der Waals surface area contributed by atoms with Crippen LogP contribution in [0.5, 0.6) is 0 Å². The number of hydrogen-bond donors (Lipinski definition) is 3. The van der Waals surface area contributed by atoms with Crippen LogP contribution in [0.15, 0.2) is 11.4 Å². The van der Waals surface area contributed by atoms with Crippen molar-refractivity contribution in [3.05, 3.63) is 17.0 Å². The Morgan fingerprint density at radius 1 is 1.69 bits per heavy atom. The molecule has 0 aliphatic rings. The summed E-state index contributed by atoms with van der Waals surface area (Å²) in [7, 11) is 0. The Hall–Kier alpha value is -1.07. The van der Waals surface area contributed by atoms with Gasteiger partial charge in [-0.1, -0.05) is 0 Å². The predicted octanol–water partition coefficient (Wildman–Crippen LogP) is 1.35. The summed E-state index contributed by atoms with van der Waals surface area (Å²) in [5.41, 5.74) is 6.45. The van der Waals surface area contributed by atoms with Crippen molar-refractivity contribution >= 4 is 22.4 Å². The molecule has 0 spiro atoms. The van der Waals surface area contributed by atoms with Gasteiger partial charge in [-0.05, 0) is 18.4 Å².